The Morgan fingerprint density at radius 1 is 0.885 bits per heavy atom. The van der Waals surface area contributed by atoms with E-state index in [0.717, 1.165) is 4.90 Å². The van der Waals surface area contributed by atoms with Gasteiger partial charge in [-0.1, -0.05) is 0 Å². The number of likely N-dealkylation sites (N-methyl/N-ethyl adjacent to an activating group) is 1. The van der Waals surface area contributed by atoms with Gasteiger partial charge in [-0.25, -0.2) is 14.4 Å². The normalized spacial score (nSPS) is 34.3. The van der Waals surface area contributed by atoms with Crippen molar-refractivity contribution in [3.63, 3.8) is 0 Å². The number of aliphatic hydroxyl groups excluding tert-OH is 2. The Balaban J connectivity index is 2.01. The van der Waals surface area contributed by atoms with Gasteiger partial charge in [-0.05, 0) is 88.2 Å². The van der Waals surface area contributed by atoms with Gasteiger partial charge in [0.05, 0.1) is 37.3 Å². The fourth-order valence-corrected chi connectivity index (χ4v) is 6.15. The Hall–Kier alpha value is -2.97. The van der Waals surface area contributed by atoms with E-state index in [1.165, 1.54) is 14.0 Å². The van der Waals surface area contributed by atoms with Gasteiger partial charge in [0.15, 0.2) is 6.29 Å². The van der Waals surface area contributed by atoms with Gasteiger partial charge in [0.2, 0.25) is 6.29 Å². The van der Waals surface area contributed by atoms with Crippen molar-refractivity contribution in [3.8, 4) is 0 Å². The van der Waals surface area contributed by atoms with Crippen LogP contribution < -0.4 is 22.1 Å². The molecular formula is C34H61N5O13. The lowest BCUT2D eigenvalue weighted by atomic mass is 9.83. The Morgan fingerprint density at radius 2 is 1.37 bits per heavy atom. The molecule has 0 aromatic carbocycles. The van der Waals surface area contributed by atoms with Crippen LogP contribution in [0, 0.1) is 0 Å². The van der Waals surface area contributed by atoms with E-state index in [9.17, 15) is 29.7 Å². The highest BCUT2D eigenvalue weighted by Gasteiger charge is 2.55. The van der Waals surface area contributed by atoms with Gasteiger partial charge in [-0.2, -0.15) is 0 Å². The molecule has 2 fully saturated rings. The molecule has 18 nitrogen and oxygen atoms in total. The van der Waals surface area contributed by atoms with Crippen molar-refractivity contribution in [1.82, 2.24) is 15.5 Å². The first kappa shape index (κ1) is 43.4. The number of nitrogens with zero attached hydrogens (tertiary/aromatic N) is 1. The van der Waals surface area contributed by atoms with Crippen LogP contribution in [0.2, 0.25) is 0 Å². The van der Waals surface area contributed by atoms with E-state index in [0.29, 0.717) is 12.2 Å². The minimum absolute atomic E-state index is 0.0621. The standard InChI is InChI=1S/C34H61N5O13/c1-31(2,3)50-28(42)37-19-14-20(38-29(43)51-32(4,5)6)24(21(40)23(19)48-26-18(36)13-12-17(15-35)47-26)49-27-22(41)25(34(10,45)16-46-27)39(11)30(44)52-33(7,8)9/h12,18-27,40-41,45H,13-16,35-36H2,1-11H3,(H,37,42)(H,38,43)/t18-,19+,20-,21+,22-,23-,24+,25-,26-,27-,34+/m1/s1. The number of nitrogens with one attached hydrogen (secondary N) is 2. The second-order valence-corrected chi connectivity index (χ2v) is 16.8. The van der Waals surface area contributed by atoms with Crippen LogP contribution in [0.4, 0.5) is 14.4 Å². The average Bonchev–Trinajstić information content (AvgIpc) is 2.95. The molecule has 1 saturated heterocycles. The van der Waals surface area contributed by atoms with Gasteiger partial charge in [0, 0.05) is 7.05 Å². The molecule has 0 unspecified atom stereocenters. The van der Waals surface area contributed by atoms with Gasteiger partial charge in [0.25, 0.3) is 0 Å². The third-order valence-corrected chi connectivity index (χ3v) is 8.28. The molecule has 1 aliphatic carbocycles. The van der Waals surface area contributed by atoms with E-state index in [-0.39, 0.29) is 13.0 Å². The molecule has 18 heteroatoms. The van der Waals surface area contributed by atoms with Crippen LogP contribution in [0.1, 0.15) is 82.1 Å². The Labute approximate surface area is 305 Å². The summed E-state index contributed by atoms with van der Waals surface area (Å²) in [7, 11) is 1.36. The Morgan fingerprint density at radius 3 is 1.83 bits per heavy atom. The maximum Gasteiger partial charge on any atom is 0.410 e. The van der Waals surface area contributed by atoms with Crippen molar-refractivity contribution in [2.45, 2.75) is 166 Å². The lowest BCUT2D eigenvalue weighted by molar-refractivity contribution is -0.311. The minimum atomic E-state index is -1.76. The topological polar surface area (TPSA) is 256 Å². The van der Waals surface area contributed by atoms with Gasteiger partial charge in [-0.15, -0.1) is 0 Å². The fourth-order valence-electron chi connectivity index (χ4n) is 6.15. The molecule has 0 bridgehead atoms. The zero-order chi connectivity index (χ0) is 39.6. The van der Waals surface area contributed by atoms with Crippen LogP contribution in [0.3, 0.4) is 0 Å². The quantitative estimate of drug-likeness (QED) is 0.171. The molecule has 0 spiro atoms. The van der Waals surface area contributed by atoms with Crippen molar-refractivity contribution in [2.75, 3.05) is 20.2 Å². The monoisotopic (exact) mass is 747 g/mol. The second kappa shape index (κ2) is 16.6. The highest BCUT2D eigenvalue weighted by molar-refractivity contribution is 5.69. The molecule has 2 aliphatic heterocycles. The zero-order valence-electron chi connectivity index (χ0n) is 32.2. The maximum atomic E-state index is 13.1. The van der Waals surface area contributed by atoms with Gasteiger partial charge in [-0.3, -0.25) is 0 Å². The predicted molar refractivity (Wildman–Crippen MR) is 185 cm³/mol. The number of hydrogen-bond acceptors (Lipinski definition) is 15. The number of carbonyl (C=O) groups excluding carboxylic acids is 3. The number of amides is 3. The van der Waals surface area contributed by atoms with E-state index >= 15 is 0 Å². The molecule has 9 N–H and O–H groups in total. The van der Waals surface area contributed by atoms with E-state index < -0.39 is 108 Å². The van der Waals surface area contributed by atoms with Crippen molar-refractivity contribution < 1.29 is 62.9 Å². The summed E-state index contributed by atoms with van der Waals surface area (Å²) in [4.78, 5) is 40.3. The molecular weight excluding hydrogens is 686 g/mol. The number of ether oxygens (including phenoxy) is 7. The van der Waals surface area contributed by atoms with Crippen molar-refractivity contribution in [2.24, 2.45) is 11.5 Å². The summed E-state index contributed by atoms with van der Waals surface area (Å²) in [6, 6.07) is -4.12. The molecule has 0 radical (unpaired) electrons. The van der Waals surface area contributed by atoms with Crippen LogP contribution in [-0.4, -0.2) is 142 Å². The lowest BCUT2D eigenvalue weighted by Crippen LogP contribution is -2.70. The van der Waals surface area contributed by atoms with E-state index in [1.807, 2.05) is 0 Å². The second-order valence-electron chi connectivity index (χ2n) is 16.8. The first-order valence-electron chi connectivity index (χ1n) is 17.5. The van der Waals surface area contributed by atoms with Gasteiger partial charge < -0.3 is 75.5 Å². The minimum Gasteiger partial charge on any atom is -0.467 e. The molecule has 0 aromatic rings. The zero-order valence-corrected chi connectivity index (χ0v) is 32.2. The summed E-state index contributed by atoms with van der Waals surface area (Å²) in [6.45, 7) is 16.1. The number of hydrogen-bond donors (Lipinski definition) is 7. The van der Waals surface area contributed by atoms with Crippen LogP contribution >= 0.6 is 0 Å². The first-order chi connectivity index (χ1) is 23.7. The summed E-state index contributed by atoms with van der Waals surface area (Å²) < 4.78 is 40.6. The molecule has 2 heterocycles. The fraction of sp³-hybridized carbons (Fsp3) is 0.853. The van der Waals surface area contributed by atoms with Crippen molar-refractivity contribution in [1.29, 1.82) is 0 Å². The number of nitrogens with two attached hydrogens (primary N) is 2. The molecule has 3 rings (SSSR count). The molecule has 300 valence electrons. The van der Waals surface area contributed by atoms with E-state index in [1.54, 1.807) is 68.4 Å². The summed E-state index contributed by atoms with van der Waals surface area (Å²) in [5, 5.41) is 40.4. The molecule has 3 aliphatic rings. The van der Waals surface area contributed by atoms with Crippen LogP contribution in [0.15, 0.2) is 11.8 Å². The first-order valence-corrected chi connectivity index (χ1v) is 17.5. The highest BCUT2D eigenvalue weighted by Crippen LogP contribution is 2.34. The molecule has 11 atom stereocenters. The summed E-state index contributed by atoms with van der Waals surface area (Å²) >= 11 is 0. The van der Waals surface area contributed by atoms with Gasteiger partial charge in [0.1, 0.15) is 52.6 Å². The van der Waals surface area contributed by atoms with Crippen molar-refractivity contribution >= 4 is 18.3 Å². The number of alkyl carbamates (subject to hydrolysis) is 2. The summed E-state index contributed by atoms with van der Waals surface area (Å²) in [5.41, 5.74) is 7.71. The Kier molecular flexibility index (Phi) is 13.9. The van der Waals surface area contributed by atoms with Crippen LogP contribution in [0.5, 0.6) is 0 Å². The summed E-state index contributed by atoms with van der Waals surface area (Å²) in [5.74, 6) is 0.414. The number of rotatable bonds is 8. The molecule has 3 amide bonds. The Bertz CT molecular complexity index is 1280. The molecule has 52 heavy (non-hydrogen) atoms. The van der Waals surface area contributed by atoms with Crippen LogP contribution in [0.25, 0.3) is 0 Å². The average molecular weight is 748 g/mol. The van der Waals surface area contributed by atoms with Crippen molar-refractivity contribution in [3.05, 3.63) is 11.8 Å². The molecule has 1 saturated carbocycles. The third kappa shape index (κ3) is 12.0. The van der Waals surface area contributed by atoms with Gasteiger partial charge >= 0.3 is 18.3 Å². The number of aliphatic hydroxyl groups is 3. The molecule has 0 aromatic heterocycles. The largest absolute Gasteiger partial charge is 0.467 e. The SMILES string of the molecule is CN(C(=O)OC(C)(C)C)[C@@H]1[C@@H](O)[C@@H](O[C@@H]2[C@@H](O)[C@H](O[C@H]3OC(CN)=CC[C@H]3N)[C@@H](NC(=O)OC(C)(C)C)C[C@H]2NC(=O)OC(C)(C)C)OC[C@]1(C)O. The maximum absolute atomic E-state index is 13.1. The third-order valence-electron chi connectivity index (χ3n) is 8.28. The smallest absolute Gasteiger partial charge is 0.410 e. The van der Waals surface area contributed by atoms with E-state index in [4.69, 9.17) is 44.6 Å². The van der Waals surface area contributed by atoms with E-state index in [2.05, 4.69) is 10.6 Å². The highest BCUT2D eigenvalue weighted by atomic mass is 16.7. The summed E-state index contributed by atoms with van der Waals surface area (Å²) in [6.07, 6.45) is -9.29. The van der Waals surface area contributed by atoms with Crippen LogP contribution in [-0.2, 0) is 33.2 Å². The number of carbonyl (C=O) groups is 3. The lowest BCUT2D eigenvalue weighted by Gasteiger charge is -2.50. The predicted octanol–water partition coefficient (Wildman–Crippen LogP) is 0.928.